The summed E-state index contributed by atoms with van der Waals surface area (Å²) in [7, 11) is 0. The van der Waals surface area contributed by atoms with Crippen molar-refractivity contribution >= 4 is 39.3 Å². The Hall–Kier alpha value is -2.05. The van der Waals surface area contributed by atoms with E-state index in [1.165, 1.54) is 4.90 Å². The van der Waals surface area contributed by atoms with E-state index in [0.29, 0.717) is 10.8 Å². The lowest BCUT2D eigenvalue weighted by atomic mass is 10.1. The summed E-state index contributed by atoms with van der Waals surface area (Å²) >= 11 is 9.64. The fourth-order valence-electron chi connectivity index (χ4n) is 3.10. The molecule has 168 valence electrons. The first kappa shape index (κ1) is 25.2. The predicted molar refractivity (Wildman–Crippen MR) is 128 cm³/mol. The van der Waals surface area contributed by atoms with Crippen LogP contribution in [0, 0.1) is 13.8 Å². The van der Waals surface area contributed by atoms with Crippen LogP contribution >= 0.6 is 27.5 Å². The molecule has 2 aromatic carbocycles. The molecule has 0 spiro atoms. The van der Waals surface area contributed by atoms with Crippen LogP contribution in [0.5, 0.6) is 5.75 Å². The maximum absolute atomic E-state index is 13.1. The second-order valence-electron chi connectivity index (χ2n) is 7.81. The van der Waals surface area contributed by atoms with E-state index in [-0.39, 0.29) is 31.0 Å². The van der Waals surface area contributed by atoms with Crippen LogP contribution in [0.15, 0.2) is 40.9 Å². The standard InChI is InChI=1S/C24H30BrClN2O3/c1-6-17(4)27-24(30)18(5)28(13-19-8-7-9-20(26)12-19)22(29)14-31-21-10-15(2)23(25)16(3)11-21/h7-12,17-18H,6,13-14H2,1-5H3,(H,27,30)/t17-,18+/m1/s1. The van der Waals surface area contributed by atoms with Gasteiger partial charge in [0.15, 0.2) is 6.61 Å². The minimum Gasteiger partial charge on any atom is -0.484 e. The smallest absolute Gasteiger partial charge is 0.261 e. The average Bonchev–Trinajstić information content (AvgIpc) is 2.73. The number of hydrogen-bond donors (Lipinski definition) is 1. The molecule has 0 bridgehead atoms. The van der Waals surface area contributed by atoms with Crippen LogP contribution in [0.2, 0.25) is 5.02 Å². The van der Waals surface area contributed by atoms with Crippen molar-refractivity contribution in [2.45, 2.75) is 59.7 Å². The highest BCUT2D eigenvalue weighted by Crippen LogP contribution is 2.26. The lowest BCUT2D eigenvalue weighted by molar-refractivity contribution is -0.142. The fraction of sp³-hybridized carbons (Fsp3) is 0.417. The first-order valence-electron chi connectivity index (χ1n) is 10.4. The Labute approximate surface area is 198 Å². The van der Waals surface area contributed by atoms with E-state index in [0.717, 1.165) is 27.6 Å². The third kappa shape index (κ3) is 7.25. The second-order valence-corrected chi connectivity index (χ2v) is 9.03. The Morgan fingerprint density at radius 1 is 1.16 bits per heavy atom. The van der Waals surface area contributed by atoms with Crippen molar-refractivity contribution in [3.8, 4) is 5.75 Å². The molecule has 0 unspecified atom stereocenters. The molecule has 31 heavy (non-hydrogen) atoms. The number of amides is 2. The lowest BCUT2D eigenvalue weighted by Crippen LogP contribution is -2.50. The molecule has 0 aliphatic heterocycles. The largest absolute Gasteiger partial charge is 0.484 e. The van der Waals surface area contributed by atoms with Gasteiger partial charge in [0.05, 0.1) is 0 Å². The minimum atomic E-state index is -0.655. The molecule has 0 aromatic heterocycles. The highest BCUT2D eigenvalue weighted by molar-refractivity contribution is 9.10. The molecule has 2 atom stereocenters. The highest BCUT2D eigenvalue weighted by atomic mass is 79.9. The summed E-state index contributed by atoms with van der Waals surface area (Å²) in [5.74, 6) is 0.149. The van der Waals surface area contributed by atoms with E-state index < -0.39 is 6.04 Å². The van der Waals surface area contributed by atoms with Gasteiger partial charge in [0.25, 0.3) is 5.91 Å². The number of carbonyl (C=O) groups excluding carboxylic acids is 2. The number of aryl methyl sites for hydroxylation is 2. The number of nitrogens with zero attached hydrogens (tertiary/aromatic N) is 1. The SMILES string of the molecule is CC[C@@H](C)NC(=O)[C@H](C)N(Cc1cccc(Cl)c1)C(=O)COc1cc(C)c(Br)c(C)c1. The van der Waals surface area contributed by atoms with Gasteiger partial charge in [0.2, 0.25) is 5.91 Å². The van der Waals surface area contributed by atoms with Gasteiger partial charge >= 0.3 is 0 Å². The Balaban J connectivity index is 2.19. The summed E-state index contributed by atoms with van der Waals surface area (Å²) in [4.78, 5) is 27.4. The van der Waals surface area contributed by atoms with Gasteiger partial charge in [-0.3, -0.25) is 9.59 Å². The third-order valence-electron chi connectivity index (χ3n) is 5.18. The van der Waals surface area contributed by atoms with Crippen LogP contribution in [0.1, 0.15) is 43.9 Å². The molecule has 5 nitrogen and oxygen atoms in total. The Kier molecular flexibility index (Phi) is 9.38. The van der Waals surface area contributed by atoms with Gasteiger partial charge in [-0.2, -0.15) is 0 Å². The molecule has 0 radical (unpaired) electrons. The van der Waals surface area contributed by atoms with Crippen LogP contribution in [0.25, 0.3) is 0 Å². The summed E-state index contributed by atoms with van der Waals surface area (Å²) < 4.78 is 6.81. The maximum Gasteiger partial charge on any atom is 0.261 e. The summed E-state index contributed by atoms with van der Waals surface area (Å²) in [6.07, 6.45) is 0.812. The van der Waals surface area contributed by atoms with Gasteiger partial charge in [-0.15, -0.1) is 0 Å². The summed E-state index contributed by atoms with van der Waals surface area (Å²) in [5, 5.41) is 3.53. The lowest BCUT2D eigenvalue weighted by Gasteiger charge is -2.29. The Bertz CT molecular complexity index is 912. The van der Waals surface area contributed by atoms with E-state index >= 15 is 0 Å². The average molecular weight is 510 g/mol. The number of nitrogens with one attached hydrogen (secondary N) is 1. The van der Waals surface area contributed by atoms with E-state index in [4.69, 9.17) is 16.3 Å². The number of rotatable bonds is 9. The topological polar surface area (TPSA) is 58.6 Å². The van der Waals surface area contributed by atoms with Crippen molar-refractivity contribution in [2.75, 3.05) is 6.61 Å². The van der Waals surface area contributed by atoms with Crippen molar-refractivity contribution < 1.29 is 14.3 Å². The monoisotopic (exact) mass is 508 g/mol. The molecule has 0 aliphatic carbocycles. The summed E-state index contributed by atoms with van der Waals surface area (Å²) in [5.41, 5.74) is 2.90. The van der Waals surface area contributed by atoms with E-state index in [9.17, 15) is 9.59 Å². The van der Waals surface area contributed by atoms with Gasteiger partial charge in [0.1, 0.15) is 11.8 Å². The van der Waals surface area contributed by atoms with Gasteiger partial charge in [0, 0.05) is 22.1 Å². The molecule has 7 heteroatoms. The number of halogens is 2. The molecule has 0 aliphatic rings. The molecule has 0 saturated heterocycles. The van der Waals surface area contributed by atoms with Crippen molar-refractivity contribution in [2.24, 2.45) is 0 Å². The van der Waals surface area contributed by atoms with Gasteiger partial charge in [-0.25, -0.2) is 0 Å². The zero-order chi connectivity index (χ0) is 23.1. The zero-order valence-corrected chi connectivity index (χ0v) is 21.0. The van der Waals surface area contributed by atoms with Crippen LogP contribution in [0.3, 0.4) is 0 Å². The molecule has 0 saturated carbocycles. The molecule has 1 N–H and O–H groups in total. The fourth-order valence-corrected chi connectivity index (χ4v) is 3.54. The normalized spacial score (nSPS) is 12.7. The first-order valence-corrected chi connectivity index (χ1v) is 11.5. The number of hydrogen-bond acceptors (Lipinski definition) is 3. The number of carbonyl (C=O) groups is 2. The molecule has 2 aromatic rings. The highest BCUT2D eigenvalue weighted by Gasteiger charge is 2.27. The molecule has 2 amide bonds. The Morgan fingerprint density at radius 3 is 2.39 bits per heavy atom. The summed E-state index contributed by atoms with van der Waals surface area (Å²) in [6.45, 7) is 9.71. The maximum atomic E-state index is 13.1. The molecular formula is C24H30BrClN2O3. The van der Waals surface area contributed by atoms with Crippen LogP contribution in [-0.4, -0.2) is 35.4 Å². The minimum absolute atomic E-state index is 0.0306. The van der Waals surface area contributed by atoms with Gasteiger partial charge < -0.3 is 15.0 Å². The quantitative estimate of drug-likeness (QED) is 0.490. The first-order chi connectivity index (χ1) is 14.6. The van der Waals surface area contributed by atoms with Gasteiger partial charge in [-0.1, -0.05) is 46.6 Å². The zero-order valence-electron chi connectivity index (χ0n) is 18.7. The third-order valence-corrected chi connectivity index (χ3v) is 6.67. The van der Waals surface area contributed by atoms with Crippen LogP contribution in [0.4, 0.5) is 0 Å². The van der Waals surface area contributed by atoms with E-state index in [1.807, 2.05) is 52.0 Å². The van der Waals surface area contributed by atoms with Gasteiger partial charge in [-0.05, 0) is 75.1 Å². The van der Waals surface area contributed by atoms with Crippen molar-refractivity contribution in [3.05, 3.63) is 62.6 Å². The van der Waals surface area contributed by atoms with E-state index in [2.05, 4.69) is 21.2 Å². The van der Waals surface area contributed by atoms with E-state index in [1.54, 1.807) is 19.1 Å². The molecular weight excluding hydrogens is 480 g/mol. The molecule has 0 fully saturated rings. The molecule has 0 heterocycles. The van der Waals surface area contributed by atoms with Crippen LogP contribution < -0.4 is 10.1 Å². The van der Waals surface area contributed by atoms with Crippen molar-refractivity contribution in [3.63, 3.8) is 0 Å². The summed E-state index contributed by atoms with van der Waals surface area (Å²) in [6, 6.07) is 10.4. The predicted octanol–water partition coefficient (Wildman–Crippen LogP) is 5.43. The Morgan fingerprint density at radius 2 is 1.81 bits per heavy atom. The molecule has 2 rings (SSSR count). The number of ether oxygens (including phenoxy) is 1. The number of benzene rings is 2. The van der Waals surface area contributed by atoms with Crippen LogP contribution in [-0.2, 0) is 16.1 Å². The second kappa shape index (κ2) is 11.5. The van der Waals surface area contributed by atoms with Crippen molar-refractivity contribution in [1.82, 2.24) is 10.2 Å². The van der Waals surface area contributed by atoms with Crippen molar-refractivity contribution in [1.29, 1.82) is 0 Å².